The minimum absolute atomic E-state index is 0.386. The van der Waals surface area contributed by atoms with Crippen LogP contribution in [-0.2, 0) is 0 Å². The molecule has 2 fully saturated rings. The van der Waals surface area contributed by atoms with Crippen molar-refractivity contribution < 1.29 is 5.11 Å². The van der Waals surface area contributed by atoms with Gasteiger partial charge in [-0.05, 0) is 50.1 Å². The molecule has 2 aliphatic rings. The monoisotopic (exact) mass is 317 g/mol. The summed E-state index contributed by atoms with van der Waals surface area (Å²) in [6, 6.07) is 0. The van der Waals surface area contributed by atoms with Gasteiger partial charge in [0.25, 0.3) is 0 Å². The minimum Gasteiger partial charge on any atom is -0.396 e. The van der Waals surface area contributed by atoms with Crippen LogP contribution in [0, 0.1) is 11.3 Å². The third kappa shape index (κ3) is 3.94. The van der Waals surface area contributed by atoms with Gasteiger partial charge >= 0.3 is 0 Å². The number of hydrogen-bond acceptors (Lipinski definition) is 2. The third-order valence-electron chi connectivity index (χ3n) is 4.97. The van der Waals surface area contributed by atoms with Gasteiger partial charge < -0.3 is 10.0 Å². The second-order valence-electron chi connectivity index (χ2n) is 6.45. The van der Waals surface area contributed by atoms with Gasteiger partial charge in [-0.25, -0.2) is 0 Å². The highest BCUT2D eigenvalue weighted by atomic mass is 79.9. The van der Waals surface area contributed by atoms with Crippen molar-refractivity contribution in [3.63, 3.8) is 0 Å². The Balaban J connectivity index is 1.85. The number of rotatable bonds is 4. The summed E-state index contributed by atoms with van der Waals surface area (Å²) in [5, 5.41) is 10.4. The van der Waals surface area contributed by atoms with Crippen molar-refractivity contribution in [2.75, 3.05) is 31.6 Å². The molecule has 1 aliphatic carbocycles. The van der Waals surface area contributed by atoms with E-state index in [1.807, 2.05) is 0 Å². The van der Waals surface area contributed by atoms with Crippen LogP contribution in [0.1, 0.15) is 51.4 Å². The number of aliphatic hydroxyl groups is 1. The van der Waals surface area contributed by atoms with Gasteiger partial charge in [0.05, 0.1) is 0 Å². The Labute approximate surface area is 120 Å². The summed E-state index contributed by atoms with van der Waals surface area (Å²) in [6.45, 7) is 4.05. The fourth-order valence-electron chi connectivity index (χ4n) is 3.61. The van der Waals surface area contributed by atoms with Gasteiger partial charge in [0.15, 0.2) is 0 Å². The van der Waals surface area contributed by atoms with Gasteiger partial charge in [-0.15, -0.1) is 0 Å². The van der Waals surface area contributed by atoms with E-state index in [4.69, 9.17) is 0 Å². The van der Waals surface area contributed by atoms with Crippen LogP contribution in [0.4, 0.5) is 0 Å². The van der Waals surface area contributed by atoms with Gasteiger partial charge in [-0.2, -0.15) is 0 Å². The van der Waals surface area contributed by atoms with E-state index in [1.165, 1.54) is 76.3 Å². The molecule has 1 saturated carbocycles. The standard InChI is InChI=1S/C15H28BrNO/c16-12-15(7-3-1-2-4-8-15)13-17-9-5-14(11-18)6-10-17/h14,18H,1-13H2. The molecule has 1 heterocycles. The van der Waals surface area contributed by atoms with Crippen molar-refractivity contribution in [2.45, 2.75) is 51.4 Å². The molecule has 0 spiro atoms. The van der Waals surface area contributed by atoms with Crippen LogP contribution in [0.15, 0.2) is 0 Å². The highest BCUT2D eigenvalue weighted by Crippen LogP contribution is 2.38. The maximum absolute atomic E-state index is 9.21. The first-order chi connectivity index (χ1) is 8.78. The minimum atomic E-state index is 0.386. The number of likely N-dealkylation sites (tertiary alicyclic amines) is 1. The summed E-state index contributed by atoms with van der Waals surface area (Å²) in [7, 11) is 0. The topological polar surface area (TPSA) is 23.5 Å². The van der Waals surface area contributed by atoms with Gasteiger partial charge in [-0.3, -0.25) is 0 Å². The van der Waals surface area contributed by atoms with Crippen molar-refractivity contribution in [3.05, 3.63) is 0 Å². The SMILES string of the molecule is OCC1CCN(CC2(CBr)CCCCCC2)CC1. The van der Waals surface area contributed by atoms with E-state index < -0.39 is 0 Å². The lowest BCUT2D eigenvalue weighted by molar-refractivity contribution is 0.0903. The predicted octanol–water partition coefficient (Wildman–Crippen LogP) is 3.43. The molecule has 1 saturated heterocycles. The Kier molecular flexibility index (Phi) is 5.96. The van der Waals surface area contributed by atoms with Gasteiger partial charge in [0.1, 0.15) is 0 Å². The maximum Gasteiger partial charge on any atom is 0.0460 e. The summed E-state index contributed by atoms with van der Waals surface area (Å²) in [4.78, 5) is 2.65. The normalized spacial score (nSPS) is 27.0. The first-order valence-electron chi connectivity index (χ1n) is 7.67. The van der Waals surface area contributed by atoms with E-state index in [-0.39, 0.29) is 0 Å². The zero-order chi connectivity index (χ0) is 12.8. The second-order valence-corrected chi connectivity index (χ2v) is 7.01. The van der Waals surface area contributed by atoms with Crippen molar-refractivity contribution in [3.8, 4) is 0 Å². The number of aliphatic hydroxyl groups excluding tert-OH is 1. The Morgan fingerprint density at radius 1 is 1.06 bits per heavy atom. The van der Waals surface area contributed by atoms with Crippen LogP contribution in [0.3, 0.4) is 0 Å². The molecule has 2 nitrogen and oxygen atoms in total. The van der Waals surface area contributed by atoms with Crippen LogP contribution in [0.5, 0.6) is 0 Å². The molecule has 0 aromatic heterocycles. The third-order valence-corrected chi connectivity index (χ3v) is 6.16. The van der Waals surface area contributed by atoms with E-state index in [9.17, 15) is 5.11 Å². The lowest BCUT2D eigenvalue weighted by Gasteiger charge is -2.40. The lowest BCUT2D eigenvalue weighted by atomic mass is 9.81. The molecule has 2 rings (SSSR count). The molecule has 1 N–H and O–H groups in total. The van der Waals surface area contributed by atoms with E-state index >= 15 is 0 Å². The zero-order valence-corrected chi connectivity index (χ0v) is 13.1. The highest BCUT2D eigenvalue weighted by Gasteiger charge is 2.33. The maximum atomic E-state index is 9.21. The first-order valence-corrected chi connectivity index (χ1v) is 8.79. The zero-order valence-electron chi connectivity index (χ0n) is 11.5. The molecule has 1 aliphatic heterocycles. The summed E-state index contributed by atoms with van der Waals surface area (Å²) >= 11 is 3.79. The molecule has 18 heavy (non-hydrogen) atoms. The van der Waals surface area contributed by atoms with Crippen LogP contribution >= 0.6 is 15.9 Å². The number of alkyl halides is 1. The summed E-state index contributed by atoms with van der Waals surface area (Å²) in [5.41, 5.74) is 0.530. The van der Waals surface area contributed by atoms with E-state index in [0.29, 0.717) is 17.9 Å². The first kappa shape index (κ1) is 14.8. The largest absolute Gasteiger partial charge is 0.396 e. The molecule has 0 radical (unpaired) electrons. The van der Waals surface area contributed by atoms with Crippen molar-refractivity contribution in [2.24, 2.45) is 11.3 Å². The Morgan fingerprint density at radius 3 is 2.17 bits per heavy atom. The van der Waals surface area contributed by atoms with Crippen molar-refractivity contribution in [1.82, 2.24) is 4.90 Å². The van der Waals surface area contributed by atoms with Gasteiger partial charge in [0, 0.05) is 18.5 Å². The summed E-state index contributed by atoms with van der Waals surface area (Å²) < 4.78 is 0. The predicted molar refractivity (Wildman–Crippen MR) is 80.2 cm³/mol. The second kappa shape index (κ2) is 7.25. The van der Waals surface area contributed by atoms with Crippen LogP contribution in [-0.4, -0.2) is 41.6 Å². The molecule has 0 unspecified atom stereocenters. The number of hydrogen-bond donors (Lipinski definition) is 1. The van der Waals surface area contributed by atoms with Crippen molar-refractivity contribution in [1.29, 1.82) is 0 Å². The van der Waals surface area contributed by atoms with Gasteiger partial charge in [-0.1, -0.05) is 41.6 Å². The Morgan fingerprint density at radius 2 is 1.67 bits per heavy atom. The fourth-order valence-corrected chi connectivity index (χ4v) is 4.35. The molecular formula is C15H28BrNO. The molecule has 106 valence electrons. The molecule has 0 aromatic rings. The molecule has 0 atom stereocenters. The summed E-state index contributed by atoms with van der Waals surface area (Å²) in [5.74, 6) is 0.565. The molecule has 0 bridgehead atoms. The highest BCUT2D eigenvalue weighted by molar-refractivity contribution is 9.09. The van der Waals surface area contributed by atoms with Gasteiger partial charge in [0.2, 0.25) is 0 Å². The average Bonchev–Trinajstić information content (AvgIpc) is 2.66. The molecule has 0 amide bonds. The average molecular weight is 318 g/mol. The van der Waals surface area contributed by atoms with E-state index in [2.05, 4.69) is 20.8 Å². The Hall–Kier alpha value is 0.400. The summed E-state index contributed by atoms with van der Waals surface area (Å²) in [6.07, 6.45) is 10.9. The number of piperidine rings is 1. The quantitative estimate of drug-likeness (QED) is 0.634. The lowest BCUT2D eigenvalue weighted by Crippen LogP contribution is -2.43. The molecular weight excluding hydrogens is 290 g/mol. The smallest absolute Gasteiger partial charge is 0.0460 e. The van der Waals surface area contributed by atoms with Crippen LogP contribution in [0.2, 0.25) is 0 Å². The van der Waals surface area contributed by atoms with E-state index in [0.717, 1.165) is 0 Å². The van der Waals surface area contributed by atoms with Crippen LogP contribution in [0.25, 0.3) is 0 Å². The molecule has 0 aromatic carbocycles. The Bertz CT molecular complexity index is 231. The molecule has 3 heteroatoms. The number of halogens is 1. The number of nitrogens with zero attached hydrogens (tertiary/aromatic N) is 1. The van der Waals surface area contributed by atoms with Crippen LogP contribution < -0.4 is 0 Å². The van der Waals surface area contributed by atoms with Crippen molar-refractivity contribution >= 4 is 15.9 Å². The van der Waals surface area contributed by atoms with E-state index in [1.54, 1.807) is 0 Å². The fraction of sp³-hybridized carbons (Fsp3) is 1.00.